The van der Waals surface area contributed by atoms with E-state index >= 15 is 0 Å². The van der Waals surface area contributed by atoms with Gasteiger partial charge in [0.15, 0.2) is 0 Å². The van der Waals surface area contributed by atoms with Crippen LogP contribution in [0.1, 0.15) is 6.92 Å². The van der Waals surface area contributed by atoms with Crippen molar-refractivity contribution in [2.45, 2.75) is 6.92 Å². The zero-order valence-corrected chi connectivity index (χ0v) is 5.68. The molecule has 0 aliphatic carbocycles. The molecule has 2 N–H and O–H groups in total. The summed E-state index contributed by atoms with van der Waals surface area (Å²) in [5.41, 5.74) is 4.92. The second-order valence-corrected chi connectivity index (χ2v) is 0.907. The molecule has 0 unspecified atom stereocenters. The molecule has 0 spiro atoms. The van der Waals surface area contributed by atoms with Gasteiger partial charge in [-0.25, -0.2) is 0 Å². The summed E-state index contributed by atoms with van der Waals surface area (Å²) >= 11 is 0. The first-order valence-electron chi connectivity index (χ1n) is 1.60. The van der Waals surface area contributed by atoms with Gasteiger partial charge in [-0.05, 0) is 13.4 Å². The first kappa shape index (κ1) is 10.5. The van der Waals surface area contributed by atoms with Crippen LogP contribution in [-0.2, 0) is 28.2 Å². The summed E-state index contributed by atoms with van der Waals surface area (Å²) in [6, 6.07) is 0. The maximum absolute atomic E-state index is 9.20. The summed E-state index contributed by atoms with van der Waals surface area (Å²) in [5, 5.41) is 3.01. The molecule has 0 fully saturated rings. The summed E-state index contributed by atoms with van der Waals surface area (Å²) in [5.74, 6) is 0.198. The second kappa shape index (κ2) is 6.52. The van der Waals surface area contributed by atoms with E-state index in [-0.39, 0.29) is 24.4 Å². The average Bonchev–Trinajstić information content (AvgIpc) is 1.61. The molecule has 0 bridgehead atoms. The molecule has 0 saturated heterocycles. The van der Waals surface area contributed by atoms with Gasteiger partial charge in [-0.2, -0.15) is 0 Å². The molecule has 0 aromatic carbocycles. The van der Waals surface area contributed by atoms with Gasteiger partial charge in [0, 0.05) is 18.6 Å². The fourth-order valence-corrected chi connectivity index (χ4v) is 0.0906. The molecule has 5 heteroatoms. The number of amidine groups is 1. The van der Waals surface area contributed by atoms with Crippen LogP contribution in [0.2, 0.25) is 0 Å². The van der Waals surface area contributed by atoms with Gasteiger partial charge in [-0.3, -0.25) is 0 Å². The Morgan fingerprint density at radius 2 is 2.38 bits per heavy atom. The first-order chi connectivity index (χ1) is 3.27. The number of hydrogen-bond donors (Lipinski definition) is 1. The average molecular weight is 152 g/mol. The van der Waals surface area contributed by atoms with Gasteiger partial charge in [0.05, 0.1) is 0 Å². The van der Waals surface area contributed by atoms with Crippen molar-refractivity contribution in [3.8, 4) is 0 Å². The molecule has 0 saturated carbocycles. The molecule has 4 nitrogen and oxygen atoms in total. The van der Waals surface area contributed by atoms with E-state index in [0.29, 0.717) is 0 Å². The second-order valence-electron chi connectivity index (χ2n) is 0.907. The fourth-order valence-electron chi connectivity index (χ4n) is 0.0906. The SMILES string of the molecule is C/C(N)=N/O[C-]=O.[V]. The minimum Gasteiger partial charge on any atom is -0.525 e. The number of oxime groups is 1. The van der Waals surface area contributed by atoms with Gasteiger partial charge >= 0.3 is 0 Å². The Balaban J connectivity index is 0. The van der Waals surface area contributed by atoms with Gasteiger partial charge in [0.2, 0.25) is 0 Å². The summed E-state index contributed by atoms with van der Waals surface area (Å²) in [7, 11) is 0. The molecule has 1 radical (unpaired) electrons. The van der Waals surface area contributed by atoms with Crippen LogP contribution >= 0.6 is 0 Å². The van der Waals surface area contributed by atoms with E-state index in [1.807, 2.05) is 0 Å². The standard InChI is InChI=1S/C3H5N2O2.V/c1-3(4)5-7-2-6;/h1H3,(H2,4,5);/q-1;. The molecule has 0 aromatic rings. The van der Waals surface area contributed by atoms with Crippen LogP contribution in [0.15, 0.2) is 5.16 Å². The first-order valence-corrected chi connectivity index (χ1v) is 1.60. The molecule has 0 heterocycles. The number of carbonyl (C=O) groups excluding carboxylic acids is 1. The molecule has 0 aliphatic heterocycles. The van der Waals surface area contributed by atoms with E-state index in [4.69, 9.17) is 5.73 Å². The Hall–Kier alpha value is -0.476. The number of rotatable bonds is 2. The largest absolute Gasteiger partial charge is 0.525 e. The zero-order valence-electron chi connectivity index (χ0n) is 4.29. The number of nitrogens with two attached hydrogens (primary N) is 1. The number of hydrogen-bond acceptors (Lipinski definition) is 3. The normalized spacial score (nSPS) is 9.38. The Morgan fingerprint density at radius 3 is 2.50 bits per heavy atom. The Kier molecular flexibility index (Phi) is 8.56. The van der Waals surface area contributed by atoms with E-state index in [9.17, 15) is 4.79 Å². The quantitative estimate of drug-likeness (QED) is 0.188. The van der Waals surface area contributed by atoms with Crippen LogP contribution in [-0.4, -0.2) is 12.3 Å². The monoisotopic (exact) mass is 152 g/mol. The van der Waals surface area contributed by atoms with E-state index < -0.39 is 0 Å². The molecule has 0 aliphatic rings. The minimum atomic E-state index is 0. The zero-order chi connectivity index (χ0) is 5.70. The van der Waals surface area contributed by atoms with Crippen molar-refractivity contribution in [1.29, 1.82) is 0 Å². The summed E-state index contributed by atoms with van der Waals surface area (Å²) in [4.78, 5) is 13.0. The van der Waals surface area contributed by atoms with Crippen LogP contribution in [0.3, 0.4) is 0 Å². The Bertz CT molecular complexity index is 89.3. The van der Waals surface area contributed by atoms with Gasteiger partial charge in [-0.1, -0.05) is 0 Å². The maximum Gasteiger partial charge on any atom is 0.133 e. The van der Waals surface area contributed by atoms with Crippen LogP contribution in [0.5, 0.6) is 0 Å². The van der Waals surface area contributed by atoms with Crippen molar-refractivity contribution in [2.24, 2.45) is 10.9 Å². The Morgan fingerprint density at radius 1 is 1.88 bits per heavy atom. The van der Waals surface area contributed by atoms with Crippen LogP contribution in [0.4, 0.5) is 0 Å². The summed E-state index contributed by atoms with van der Waals surface area (Å²) in [6.07, 6.45) is 0. The maximum atomic E-state index is 9.20. The molecule has 0 atom stereocenters. The van der Waals surface area contributed by atoms with Crippen molar-refractivity contribution >= 4 is 12.3 Å². The molecule has 0 rings (SSSR count). The molecule has 0 amide bonds. The third-order valence-corrected chi connectivity index (χ3v) is 0.227. The van der Waals surface area contributed by atoms with Crippen LogP contribution in [0.25, 0.3) is 0 Å². The van der Waals surface area contributed by atoms with Gasteiger partial charge in [0.1, 0.15) is 5.84 Å². The van der Waals surface area contributed by atoms with Gasteiger partial charge in [-0.15, -0.1) is 5.16 Å². The van der Waals surface area contributed by atoms with Crippen LogP contribution in [0, 0.1) is 0 Å². The van der Waals surface area contributed by atoms with Crippen LogP contribution < -0.4 is 5.73 Å². The molecular weight excluding hydrogens is 147 g/mol. The molecular formula is C3H5N2O2V-. The third-order valence-electron chi connectivity index (χ3n) is 0.227. The van der Waals surface area contributed by atoms with E-state index in [2.05, 4.69) is 9.99 Å². The molecule has 8 heavy (non-hydrogen) atoms. The minimum absolute atomic E-state index is 0. The predicted octanol–water partition coefficient (Wildman–Crippen LogP) is -0.640. The molecule has 45 valence electrons. The molecule has 0 aromatic heterocycles. The topological polar surface area (TPSA) is 64.7 Å². The number of nitrogens with zero attached hydrogens (tertiary/aromatic N) is 1. The van der Waals surface area contributed by atoms with E-state index in [1.165, 1.54) is 6.92 Å². The van der Waals surface area contributed by atoms with Crippen molar-refractivity contribution in [3.63, 3.8) is 0 Å². The van der Waals surface area contributed by atoms with Crippen molar-refractivity contribution in [2.75, 3.05) is 0 Å². The van der Waals surface area contributed by atoms with Gasteiger partial charge < -0.3 is 15.4 Å². The Labute approximate surface area is 58.9 Å². The smallest absolute Gasteiger partial charge is 0.133 e. The van der Waals surface area contributed by atoms with E-state index in [1.54, 1.807) is 0 Å². The fraction of sp³-hybridized carbons (Fsp3) is 0.333. The van der Waals surface area contributed by atoms with Crippen molar-refractivity contribution in [3.05, 3.63) is 0 Å². The summed E-state index contributed by atoms with van der Waals surface area (Å²) in [6.45, 7) is 2.58. The predicted molar refractivity (Wildman–Crippen MR) is 24.1 cm³/mol. The van der Waals surface area contributed by atoms with Crippen molar-refractivity contribution in [1.82, 2.24) is 0 Å². The summed E-state index contributed by atoms with van der Waals surface area (Å²) < 4.78 is 0. The van der Waals surface area contributed by atoms with Crippen molar-refractivity contribution < 1.29 is 28.2 Å². The van der Waals surface area contributed by atoms with Gasteiger partial charge in [0.25, 0.3) is 0 Å². The third kappa shape index (κ3) is 9.10. The van der Waals surface area contributed by atoms with E-state index in [0.717, 1.165) is 6.47 Å².